The molecule has 1 atom stereocenters. The predicted molar refractivity (Wildman–Crippen MR) is 62.1 cm³/mol. The van der Waals surface area contributed by atoms with Gasteiger partial charge in [0.25, 0.3) is 0 Å². The fourth-order valence-electron chi connectivity index (χ4n) is 2.03. The van der Waals surface area contributed by atoms with Crippen LogP contribution in [0.15, 0.2) is 0 Å². The van der Waals surface area contributed by atoms with Crippen LogP contribution in [0.4, 0.5) is 0 Å². The van der Waals surface area contributed by atoms with Crippen LogP contribution < -0.4 is 0 Å². The van der Waals surface area contributed by atoms with Crippen molar-refractivity contribution in [2.75, 3.05) is 26.3 Å². The first kappa shape index (κ1) is 13.5. The fraction of sp³-hybridized carbons (Fsp3) is 0.917. The summed E-state index contributed by atoms with van der Waals surface area (Å²) in [6.45, 7) is 8.13. The summed E-state index contributed by atoms with van der Waals surface area (Å²) in [7, 11) is 0. The average molecular weight is 229 g/mol. The van der Waals surface area contributed by atoms with Gasteiger partial charge in [-0.05, 0) is 27.2 Å². The second-order valence-corrected chi connectivity index (χ2v) is 4.93. The number of hydrogen-bond donors (Lipinski definition) is 1. The van der Waals surface area contributed by atoms with E-state index in [4.69, 9.17) is 4.74 Å². The molecular weight excluding hydrogens is 206 g/mol. The summed E-state index contributed by atoms with van der Waals surface area (Å²) < 4.78 is 5.16. The molecule has 1 heterocycles. The molecule has 0 radical (unpaired) electrons. The number of ether oxygens (including phenoxy) is 1. The zero-order chi connectivity index (χ0) is 12.2. The number of amides is 1. The molecule has 0 aromatic heterocycles. The lowest BCUT2D eigenvalue weighted by molar-refractivity contribution is -0.131. The number of likely N-dealkylation sites (tertiary alicyclic amines) is 1. The van der Waals surface area contributed by atoms with E-state index in [1.807, 2.05) is 25.7 Å². The van der Waals surface area contributed by atoms with Crippen molar-refractivity contribution >= 4 is 5.91 Å². The van der Waals surface area contributed by atoms with E-state index in [2.05, 4.69) is 0 Å². The van der Waals surface area contributed by atoms with E-state index < -0.39 is 5.60 Å². The molecule has 0 saturated carbocycles. The standard InChI is InChI=1S/C12H23NO3/c1-4-16-8-6-11(14)13-7-5-10(9-13)12(2,3)15/h10,15H,4-9H2,1-3H3/t10-/m0/s1. The molecular formula is C12H23NO3. The summed E-state index contributed by atoms with van der Waals surface area (Å²) in [5, 5.41) is 9.87. The molecule has 1 aliphatic rings. The quantitative estimate of drug-likeness (QED) is 0.716. The lowest BCUT2D eigenvalue weighted by Gasteiger charge is -2.25. The first-order chi connectivity index (χ1) is 7.45. The molecule has 0 aromatic rings. The number of hydrogen-bond acceptors (Lipinski definition) is 3. The molecule has 4 nitrogen and oxygen atoms in total. The summed E-state index contributed by atoms with van der Waals surface area (Å²) in [6.07, 6.45) is 1.34. The maximum Gasteiger partial charge on any atom is 0.224 e. The highest BCUT2D eigenvalue weighted by Crippen LogP contribution is 2.27. The van der Waals surface area contributed by atoms with Gasteiger partial charge in [-0.15, -0.1) is 0 Å². The van der Waals surface area contributed by atoms with Crippen molar-refractivity contribution < 1.29 is 14.6 Å². The molecule has 0 bridgehead atoms. The van der Waals surface area contributed by atoms with Crippen molar-refractivity contribution in [1.29, 1.82) is 0 Å². The molecule has 0 aromatic carbocycles. The first-order valence-electron chi connectivity index (χ1n) is 6.03. The minimum atomic E-state index is -0.686. The third-order valence-corrected chi connectivity index (χ3v) is 3.20. The molecule has 4 heteroatoms. The zero-order valence-corrected chi connectivity index (χ0v) is 10.5. The summed E-state index contributed by atoms with van der Waals surface area (Å²) in [5.74, 6) is 0.337. The Morgan fingerprint density at radius 1 is 1.56 bits per heavy atom. The van der Waals surface area contributed by atoms with Crippen LogP contribution in [0.2, 0.25) is 0 Å². The minimum absolute atomic E-state index is 0.139. The number of carbonyl (C=O) groups excluding carboxylic acids is 1. The number of carbonyl (C=O) groups is 1. The van der Waals surface area contributed by atoms with E-state index in [-0.39, 0.29) is 11.8 Å². The topological polar surface area (TPSA) is 49.8 Å². The lowest BCUT2D eigenvalue weighted by Crippen LogP contribution is -2.35. The van der Waals surface area contributed by atoms with Gasteiger partial charge in [0.2, 0.25) is 5.91 Å². The van der Waals surface area contributed by atoms with Gasteiger partial charge in [-0.25, -0.2) is 0 Å². The van der Waals surface area contributed by atoms with Crippen molar-refractivity contribution in [1.82, 2.24) is 4.90 Å². The summed E-state index contributed by atoms with van der Waals surface area (Å²) >= 11 is 0. The zero-order valence-electron chi connectivity index (χ0n) is 10.5. The second-order valence-electron chi connectivity index (χ2n) is 4.93. The van der Waals surface area contributed by atoms with Crippen LogP contribution >= 0.6 is 0 Å². The van der Waals surface area contributed by atoms with Crippen LogP contribution in [-0.4, -0.2) is 47.8 Å². The Kier molecular flexibility index (Phi) is 4.74. The Morgan fingerprint density at radius 3 is 2.75 bits per heavy atom. The Hall–Kier alpha value is -0.610. The smallest absolute Gasteiger partial charge is 0.224 e. The van der Waals surface area contributed by atoms with Gasteiger partial charge in [0.1, 0.15) is 0 Å². The molecule has 0 unspecified atom stereocenters. The van der Waals surface area contributed by atoms with E-state index in [0.29, 0.717) is 26.2 Å². The SMILES string of the molecule is CCOCCC(=O)N1CC[C@H](C(C)(C)O)C1. The van der Waals surface area contributed by atoms with Gasteiger partial charge in [0, 0.05) is 25.6 Å². The van der Waals surface area contributed by atoms with E-state index in [0.717, 1.165) is 13.0 Å². The molecule has 0 spiro atoms. The predicted octanol–water partition coefficient (Wildman–Crippen LogP) is 1.03. The fourth-order valence-corrected chi connectivity index (χ4v) is 2.03. The molecule has 94 valence electrons. The monoisotopic (exact) mass is 229 g/mol. The summed E-state index contributed by atoms with van der Waals surface area (Å²) in [5.41, 5.74) is -0.686. The summed E-state index contributed by atoms with van der Waals surface area (Å²) in [4.78, 5) is 13.6. The van der Waals surface area contributed by atoms with Crippen molar-refractivity contribution in [3.8, 4) is 0 Å². The molecule has 1 N–H and O–H groups in total. The largest absolute Gasteiger partial charge is 0.390 e. The van der Waals surface area contributed by atoms with Gasteiger partial charge >= 0.3 is 0 Å². The van der Waals surface area contributed by atoms with Gasteiger partial charge in [-0.1, -0.05) is 0 Å². The number of rotatable bonds is 5. The van der Waals surface area contributed by atoms with Crippen LogP contribution in [0.3, 0.4) is 0 Å². The van der Waals surface area contributed by atoms with Crippen LogP contribution in [0.25, 0.3) is 0 Å². The highest BCUT2D eigenvalue weighted by atomic mass is 16.5. The van der Waals surface area contributed by atoms with Crippen molar-refractivity contribution in [2.45, 2.75) is 39.2 Å². The number of aliphatic hydroxyl groups is 1. The maximum atomic E-state index is 11.8. The van der Waals surface area contributed by atoms with Gasteiger partial charge in [0.15, 0.2) is 0 Å². The molecule has 1 amide bonds. The van der Waals surface area contributed by atoms with Crippen molar-refractivity contribution in [3.05, 3.63) is 0 Å². The third-order valence-electron chi connectivity index (χ3n) is 3.20. The van der Waals surface area contributed by atoms with Gasteiger partial charge in [-0.3, -0.25) is 4.79 Å². The van der Waals surface area contributed by atoms with Crippen molar-refractivity contribution in [2.24, 2.45) is 5.92 Å². The maximum absolute atomic E-state index is 11.8. The van der Waals surface area contributed by atoms with Gasteiger partial charge < -0.3 is 14.7 Å². The Labute approximate surface area is 97.6 Å². The number of nitrogens with zero attached hydrogens (tertiary/aromatic N) is 1. The normalized spacial score (nSPS) is 21.5. The molecule has 1 fully saturated rings. The highest BCUT2D eigenvalue weighted by molar-refractivity contribution is 5.76. The Morgan fingerprint density at radius 2 is 2.25 bits per heavy atom. The van der Waals surface area contributed by atoms with Gasteiger partial charge in [-0.2, -0.15) is 0 Å². The third kappa shape index (κ3) is 3.76. The molecule has 1 aliphatic heterocycles. The van der Waals surface area contributed by atoms with Crippen LogP contribution in [0.5, 0.6) is 0 Å². The van der Waals surface area contributed by atoms with Crippen molar-refractivity contribution in [3.63, 3.8) is 0 Å². The van der Waals surface area contributed by atoms with Gasteiger partial charge in [0.05, 0.1) is 18.6 Å². The Balaban J connectivity index is 2.32. The highest BCUT2D eigenvalue weighted by Gasteiger charge is 2.34. The second kappa shape index (κ2) is 5.64. The minimum Gasteiger partial charge on any atom is -0.390 e. The summed E-state index contributed by atoms with van der Waals surface area (Å²) in [6, 6.07) is 0. The van der Waals surface area contributed by atoms with E-state index in [9.17, 15) is 9.90 Å². The average Bonchev–Trinajstić information content (AvgIpc) is 2.66. The van der Waals surface area contributed by atoms with E-state index >= 15 is 0 Å². The first-order valence-corrected chi connectivity index (χ1v) is 6.03. The Bertz CT molecular complexity index is 235. The molecule has 0 aliphatic carbocycles. The lowest BCUT2D eigenvalue weighted by atomic mass is 9.90. The van der Waals surface area contributed by atoms with E-state index in [1.54, 1.807) is 0 Å². The van der Waals surface area contributed by atoms with Crippen LogP contribution in [0, 0.1) is 5.92 Å². The molecule has 1 rings (SSSR count). The van der Waals surface area contributed by atoms with Crippen LogP contribution in [0.1, 0.15) is 33.6 Å². The molecule has 16 heavy (non-hydrogen) atoms. The van der Waals surface area contributed by atoms with Crippen LogP contribution in [-0.2, 0) is 9.53 Å². The molecule has 1 saturated heterocycles. The van der Waals surface area contributed by atoms with E-state index in [1.165, 1.54) is 0 Å².